The van der Waals surface area contributed by atoms with E-state index in [0.29, 0.717) is 24.3 Å². The van der Waals surface area contributed by atoms with Gasteiger partial charge in [0.2, 0.25) is 0 Å². The van der Waals surface area contributed by atoms with E-state index >= 15 is 0 Å². The molecular formula is C19H16Br2N2O2. The summed E-state index contributed by atoms with van der Waals surface area (Å²) in [4.78, 5) is 12.3. The van der Waals surface area contributed by atoms with E-state index in [1.807, 2.05) is 42.5 Å². The molecule has 0 fully saturated rings. The molecule has 2 aromatic carbocycles. The largest absolute Gasteiger partial charge is 0.495 e. The maximum Gasteiger partial charge on any atom is 0.261 e. The minimum atomic E-state index is -0.406. The molecule has 6 heteroatoms. The van der Waals surface area contributed by atoms with Crippen molar-refractivity contribution in [3.05, 3.63) is 68.1 Å². The van der Waals surface area contributed by atoms with Crippen molar-refractivity contribution in [1.29, 1.82) is 5.26 Å². The summed E-state index contributed by atoms with van der Waals surface area (Å²) in [5.74, 6) is 0.157. The molecule has 0 saturated carbocycles. The van der Waals surface area contributed by atoms with E-state index in [1.165, 1.54) is 13.2 Å². The lowest BCUT2D eigenvalue weighted by molar-refractivity contribution is -0.117. The van der Waals surface area contributed by atoms with Crippen molar-refractivity contribution in [2.24, 2.45) is 0 Å². The van der Waals surface area contributed by atoms with E-state index in [1.54, 1.807) is 6.07 Å². The number of nitrogens with one attached hydrogen (secondary N) is 1. The number of rotatable bonds is 6. The smallest absolute Gasteiger partial charge is 0.261 e. The highest BCUT2D eigenvalue weighted by Gasteiger charge is 2.13. The van der Waals surface area contributed by atoms with E-state index in [-0.39, 0.29) is 5.57 Å². The van der Waals surface area contributed by atoms with E-state index in [9.17, 15) is 10.1 Å². The summed E-state index contributed by atoms with van der Waals surface area (Å²) in [6.45, 7) is 0.460. The third-order valence-electron chi connectivity index (χ3n) is 3.45. The lowest BCUT2D eigenvalue weighted by Crippen LogP contribution is -2.26. The zero-order valence-electron chi connectivity index (χ0n) is 13.6. The molecule has 0 saturated heterocycles. The zero-order chi connectivity index (χ0) is 18.2. The Morgan fingerprint density at radius 2 is 2.00 bits per heavy atom. The predicted octanol–water partition coefficient (Wildman–Crippen LogP) is 4.49. The average Bonchev–Trinajstić information content (AvgIpc) is 2.60. The van der Waals surface area contributed by atoms with Crippen molar-refractivity contribution in [1.82, 2.24) is 5.32 Å². The molecule has 0 unspecified atom stereocenters. The van der Waals surface area contributed by atoms with Crippen LogP contribution in [0.4, 0.5) is 0 Å². The van der Waals surface area contributed by atoms with Gasteiger partial charge in [0.25, 0.3) is 5.91 Å². The Kier molecular flexibility index (Phi) is 7.23. The van der Waals surface area contributed by atoms with Gasteiger partial charge in [-0.05, 0) is 46.1 Å². The Bertz CT molecular complexity index is 827. The maximum absolute atomic E-state index is 12.3. The van der Waals surface area contributed by atoms with Crippen molar-refractivity contribution in [3.8, 4) is 11.8 Å². The van der Waals surface area contributed by atoms with Crippen LogP contribution < -0.4 is 10.1 Å². The fourth-order valence-corrected chi connectivity index (χ4v) is 3.69. The van der Waals surface area contributed by atoms with Crippen LogP contribution in [0, 0.1) is 11.3 Å². The van der Waals surface area contributed by atoms with Gasteiger partial charge >= 0.3 is 0 Å². The molecule has 1 amide bonds. The van der Waals surface area contributed by atoms with Crippen LogP contribution in [0.15, 0.2) is 57.0 Å². The van der Waals surface area contributed by atoms with Gasteiger partial charge in [0, 0.05) is 16.6 Å². The Labute approximate surface area is 163 Å². The van der Waals surface area contributed by atoms with Crippen LogP contribution in [-0.4, -0.2) is 19.6 Å². The van der Waals surface area contributed by atoms with Crippen LogP contribution in [0.5, 0.6) is 5.75 Å². The molecule has 128 valence electrons. The normalized spacial score (nSPS) is 10.9. The highest BCUT2D eigenvalue weighted by Crippen LogP contribution is 2.34. The number of benzene rings is 2. The molecule has 0 aromatic heterocycles. The van der Waals surface area contributed by atoms with Gasteiger partial charge in [0.15, 0.2) is 0 Å². The quantitative estimate of drug-likeness (QED) is 0.507. The SMILES string of the molecule is COc1c(Br)cc(Br)cc1/C=C(\C#N)C(=O)NCCc1ccccc1. The van der Waals surface area contributed by atoms with E-state index < -0.39 is 5.91 Å². The van der Waals surface area contributed by atoms with Crippen LogP contribution >= 0.6 is 31.9 Å². The molecule has 0 aliphatic rings. The van der Waals surface area contributed by atoms with E-state index in [4.69, 9.17) is 4.74 Å². The fraction of sp³-hybridized carbons (Fsp3) is 0.158. The summed E-state index contributed by atoms with van der Waals surface area (Å²) < 4.78 is 6.89. The second-order valence-electron chi connectivity index (χ2n) is 5.17. The van der Waals surface area contributed by atoms with Crippen molar-refractivity contribution >= 4 is 43.8 Å². The van der Waals surface area contributed by atoms with Crippen LogP contribution in [0.25, 0.3) is 6.08 Å². The number of carbonyl (C=O) groups excluding carboxylic acids is 1. The van der Waals surface area contributed by atoms with Gasteiger partial charge in [-0.25, -0.2) is 0 Å². The second-order valence-corrected chi connectivity index (χ2v) is 6.94. The standard InChI is InChI=1S/C19H16Br2N2O2/c1-25-18-14(10-16(20)11-17(18)21)9-15(12-22)19(24)23-8-7-13-5-3-2-4-6-13/h2-6,9-11H,7-8H2,1H3,(H,23,24)/b15-9+. The van der Waals surface area contributed by atoms with Gasteiger partial charge in [0.1, 0.15) is 17.4 Å². The van der Waals surface area contributed by atoms with Crippen molar-refractivity contribution in [2.75, 3.05) is 13.7 Å². The molecule has 0 bridgehead atoms. The highest BCUT2D eigenvalue weighted by atomic mass is 79.9. The molecule has 0 spiro atoms. The third kappa shape index (κ3) is 5.45. The van der Waals surface area contributed by atoms with Crippen molar-refractivity contribution < 1.29 is 9.53 Å². The first-order valence-electron chi connectivity index (χ1n) is 7.52. The Hall–Kier alpha value is -2.10. The molecule has 0 aliphatic carbocycles. The Morgan fingerprint density at radius 3 is 2.64 bits per heavy atom. The zero-order valence-corrected chi connectivity index (χ0v) is 16.7. The number of methoxy groups -OCH3 is 1. The number of amides is 1. The minimum absolute atomic E-state index is 0.0244. The van der Waals surface area contributed by atoms with Gasteiger partial charge in [-0.1, -0.05) is 46.3 Å². The van der Waals surface area contributed by atoms with Gasteiger partial charge in [-0.15, -0.1) is 0 Å². The molecule has 1 N–H and O–H groups in total. The summed E-state index contributed by atoms with van der Waals surface area (Å²) in [6, 6.07) is 15.4. The number of halogens is 2. The van der Waals surface area contributed by atoms with Crippen molar-refractivity contribution in [3.63, 3.8) is 0 Å². The minimum Gasteiger partial charge on any atom is -0.495 e. The van der Waals surface area contributed by atoms with Gasteiger partial charge in [-0.2, -0.15) is 5.26 Å². The third-order valence-corrected chi connectivity index (χ3v) is 4.50. The molecule has 4 nitrogen and oxygen atoms in total. The van der Waals surface area contributed by atoms with Gasteiger partial charge in [0.05, 0.1) is 11.6 Å². The molecule has 0 heterocycles. The average molecular weight is 464 g/mol. The summed E-state index contributed by atoms with van der Waals surface area (Å²) >= 11 is 6.80. The van der Waals surface area contributed by atoms with Crippen molar-refractivity contribution in [2.45, 2.75) is 6.42 Å². The fourth-order valence-electron chi connectivity index (χ4n) is 2.27. The molecule has 0 aliphatic heterocycles. The first-order valence-corrected chi connectivity index (χ1v) is 9.10. The van der Waals surface area contributed by atoms with E-state index in [0.717, 1.165) is 14.5 Å². The number of hydrogen-bond donors (Lipinski definition) is 1. The maximum atomic E-state index is 12.3. The number of ether oxygens (including phenoxy) is 1. The van der Waals surface area contributed by atoms with Crippen LogP contribution in [-0.2, 0) is 11.2 Å². The first-order chi connectivity index (χ1) is 12.0. The monoisotopic (exact) mass is 462 g/mol. The number of nitriles is 1. The second kappa shape index (κ2) is 9.40. The Morgan fingerprint density at radius 1 is 1.28 bits per heavy atom. The molecular weight excluding hydrogens is 448 g/mol. The lowest BCUT2D eigenvalue weighted by Gasteiger charge is -2.09. The highest BCUT2D eigenvalue weighted by molar-refractivity contribution is 9.11. The molecule has 0 radical (unpaired) electrons. The number of carbonyl (C=O) groups is 1. The van der Waals surface area contributed by atoms with Gasteiger partial charge in [-0.3, -0.25) is 4.79 Å². The topological polar surface area (TPSA) is 62.1 Å². The number of hydrogen-bond acceptors (Lipinski definition) is 3. The summed E-state index contributed by atoms with van der Waals surface area (Å²) in [7, 11) is 1.54. The molecule has 0 atom stereocenters. The summed E-state index contributed by atoms with van der Waals surface area (Å²) in [5, 5.41) is 12.1. The Balaban J connectivity index is 2.12. The molecule has 2 aromatic rings. The van der Waals surface area contributed by atoms with E-state index in [2.05, 4.69) is 37.2 Å². The van der Waals surface area contributed by atoms with Crippen LogP contribution in [0.3, 0.4) is 0 Å². The predicted molar refractivity (Wildman–Crippen MR) is 105 cm³/mol. The van der Waals surface area contributed by atoms with Crippen LogP contribution in [0.2, 0.25) is 0 Å². The van der Waals surface area contributed by atoms with Gasteiger partial charge < -0.3 is 10.1 Å². The first kappa shape index (κ1) is 19.2. The molecule has 2 rings (SSSR count). The molecule has 25 heavy (non-hydrogen) atoms. The lowest BCUT2D eigenvalue weighted by atomic mass is 10.1. The summed E-state index contributed by atoms with van der Waals surface area (Å²) in [6.07, 6.45) is 2.23. The van der Waals surface area contributed by atoms with Crippen LogP contribution in [0.1, 0.15) is 11.1 Å². The summed E-state index contributed by atoms with van der Waals surface area (Å²) in [5.41, 5.74) is 1.79. The number of nitrogens with zero attached hydrogens (tertiary/aromatic N) is 1.